The van der Waals surface area contributed by atoms with E-state index in [4.69, 9.17) is 0 Å². The number of carbonyl (C=O) groups is 1. The average Bonchev–Trinajstić information content (AvgIpc) is 2.68. The van der Waals surface area contributed by atoms with Crippen molar-refractivity contribution >= 4 is 29.3 Å². The van der Waals surface area contributed by atoms with Gasteiger partial charge in [-0.25, -0.2) is 0 Å². The van der Waals surface area contributed by atoms with Crippen molar-refractivity contribution < 1.29 is 15.0 Å². The molecule has 0 aromatic carbocycles. The zero-order chi connectivity index (χ0) is 20.9. The summed E-state index contributed by atoms with van der Waals surface area (Å²) in [4.78, 5) is 11.9. The van der Waals surface area contributed by atoms with Gasteiger partial charge in [-0.05, 0) is 50.0 Å². The fraction of sp³-hybridized carbons (Fsp3) is 0.957. The molecule has 0 bridgehead atoms. The Morgan fingerprint density at radius 2 is 1.11 bits per heavy atom. The lowest BCUT2D eigenvalue weighted by atomic mass is 10.0. The van der Waals surface area contributed by atoms with Crippen LogP contribution in [0.2, 0.25) is 0 Å². The van der Waals surface area contributed by atoms with Crippen LogP contribution in [-0.4, -0.2) is 51.2 Å². The van der Waals surface area contributed by atoms with Crippen molar-refractivity contribution in [3.05, 3.63) is 0 Å². The van der Waals surface area contributed by atoms with Crippen molar-refractivity contribution in [2.24, 2.45) is 0 Å². The minimum Gasteiger partial charge on any atom is -0.392 e. The topological polar surface area (TPSA) is 57.5 Å². The summed E-state index contributed by atoms with van der Waals surface area (Å²) in [6.07, 6.45) is 13.7. The first-order chi connectivity index (χ1) is 13.6. The van der Waals surface area contributed by atoms with Crippen molar-refractivity contribution in [2.45, 2.75) is 116 Å². The fourth-order valence-electron chi connectivity index (χ4n) is 3.04. The minimum atomic E-state index is -0.219. The predicted molar refractivity (Wildman–Crippen MR) is 128 cm³/mol. The van der Waals surface area contributed by atoms with E-state index in [-0.39, 0.29) is 12.2 Å². The van der Waals surface area contributed by atoms with Gasteiger partial charge in [-0.2, -0.15) is 23.5 Å². The van der Waals surface area contributed by atoms with E-state index in [1.54, 1.807) is 0 Å². The zero-order valence-electron chi connectivity index (χ0n) is 18.5. The molecule has 0 radical (unpaired) electrons. The summed E-state index contributed by atoms with van der Waals surface area (Å²) in [6.45, 7) is 4.42. The van der Waals surface area contributed by atoms with Crippen molar-refractivity contribution in [1.29, 1.82) is 0 Å². The van der Waals surface area contributed by atoms with Crippen LogP contribution >= 0.6 is 23.5 Å². The molecule has 0 fully saturated rings. The molecule has 28 heavy (non-hydrogen) atoms. The van der Waals surface area contributed by atoms with E-state index >= 15 is 0 Å². The number of Topliss-reactive ketones (excluding diaryl/α,β-unsaturated/α-hetero) is 1. The van der Waals surface area contributed by atoms with Gasteiger partial charge in [0.1, 0.15) is 5.78 Å². The molecule has 0 aromatic heterocycles. The van der Waals surface area contributed by atoms with Crippen LogP contribution in [0.5, 0.6) is 0 Å². The number of unbranched alkanes of at least 4 members (excludes halogenated alkanes) is 6. The van der Waals surface area contributed by atoms with Gasteiger partial charge in [0.2, 0.25) is 0 Å². The number of hydrogen-bond donors (Lipinski definition) is 2. The number of thioether (sulfide) groups is 2. The Labute approximate surface area is 183 Å². The number of aliphatic hydroxyl groups is 2. The van der Waals surface area contributed by atoms with Crippen LogP contribution in [0.3, 0.4) is 0 Å². The highest BCUT2D eigenvalue weighted by molar-refractivity contribution is 7.99. The van der Waals surface area contributed by atoms with E-state index in [1.165, 1.54) is 38.5 Å². The van der Waals surface area contributed by atoms with Gasteiger partial charge in [0.25, 0.3) is 0 Å². The molecule has 0 amide bonds. The molecule has 2 atom stereocenters. The normalized spacial score (nSPS) is 13.6. The van der Waals surface area contributed by atoms with Gasteiger partial charge in [-0.3, -0.25) is 4.79 Å². The third kappa shape index (κ3) is 21.0. The quantitative estimate of drug-likeness (QED) is 0.197. The first kappa shape index (κ1) is 28.3. The highest BCUT2D eigenvalue weighted by atomic mass is 32.2. The summed E-state index contributed by atoms with van der Waals surface area (Å²) < 4.78 is 0. The van der Waals surface area contributed by atoms with Crippen molar-refractivity contribution in [2.75, 3.05) is 23.0 Å². The molecule has 0 aliphatic rings. The van der Waals surface area contributed by atoms with E-state index in [2.05, 4.69) is 13.8 Å². The number of aliphatic hydroxyl groups excluding tert-OH is 2. The van der Waals surface area contributed by atoms with Crippen LogP contribution < -0.4 is 0 Å². The molecule has 0 aliphatic heterocycles. The lowest BCUT2D eigenvalue weighted by molar-refractivity contribution is -0.119. The second-order valence-corrected chi connectivity index (χ2v) is 10.2. The molecule has 0 aliphatic carbocycles. The van der Waals surface area contributed by atoms with Gasteiger partial charge in [-0.1, -0.05) is 52.4 Å². The third-order valence-corrected chi connectivity index (χ3v) is 7.29. The van der Waals surface area contributed by atoms with Crippen LogP contribution in [-0.2, 0) is 4.79 Å². The first-order valence-electron chi connectivity index (χ1n) is 11.6. The van der Waals surface area contributed by atoms with E-state index in [9.17, 15) is 15.0 Å². The minimum absolute atomic E-state index is 0.219. The Bertz CT molecular complexity index is 310. The van der Waals surface area contributed by atoms with Gasteiger partial charge in [0.05, 0.1) is 12.2 Å². The van der Waals surface area contributed by atoms with Crippen LogP contribution in [0.1, 0.15) is 104 Å². The van der Waals surface area contributed by atoms with E-state index < -0.39 is 0 Å². The highest BCUT2D eigenvalue weighted by Gasteiger charge is 2.08. The highest BCUT2D eigenvalue weighted by Crippen LogP contribution is 2.15. The van der Waals surface area contributed by atoms with Crippen LogP contribution in [0.15, 0.2) is 0 Å². The molecular weight excluding hydrogens is 388 g/mol. The molecule has 0 saturated carbocycles. The summed E-state index contributed by atoms with van der Waals surface area (Å²) in [7, 11) is 0. The van der Waals surface area contributed by atoms with Crippen molar-refractivity contribution in [3.8, 4) is 0 Å². The van der Waals surface area contributed by atoms with Gasteiger partial charge in [-0.15, -0.1) is 0 Å². The maximum absolute atomic E-state index is 11.9. The Balaban J connectivity index is 3.40. The van der Waals surface area contributed by atoms with E-state index in [0.29, 0.717) is 18.6 Å². The van der Waals surface area contributed by atoms with Crippen LogP contribution in [0, 0.1) is 0 Å². The molecule has 168 valence electrons. The molecule has 0 heterocycles. The van der Waals surface area contributed by atoms with Gasteiger partial charge < -0.3 is 10.2 Å². The smallest absolute Gasteiger partial charge is 0.132 e. The maximum atomic E-state index is 11.9. The summed E-state index contributed by atoms with van der Waals surface area (Å²) >= 11 is 3.70. The Kier molecular flexibility index (Phi) is 22.2. The number of rotatable bonds is 22. The summed E-state index contributed by atoms with van der Waals surface area (Å²) in [6, 6.07) is 0. The largest absolute Gasteiger partial charge is 0.392 e. The lowest BCUT2D eigenvalue weighted by Gasteiger charge is -2.10. The molecule has 0 spiro atoms. The van der Waals surface area contributed by atoms with Crippen molar-refractivity contribution in [3.63, 3.8) is 0 Å². The second-order valence-electron chi connectivity index (χ2n) is 7.90. The summed E-state index contributed by atoms with van der Waals surface area (Å²) in [5, 5.41) is 19.9. The number of carbonyl (C=O) groups excluding carboxylic acids is 1. The first-order valence-corrected chi connectivity index (χ1v) is 13.9. The molecule has 2 unspecified atom stereocenters. The maximum Gasteiger partial charge on any atom is 0.132 e. The van der Waals surface area contributed by atoms with Gasteiger partial charge in [0, 0.05) is 24.3 Å². The van der Waals surface area contributed by atoms with Gasteiger partial charge >= 0.3 is 0 Å². The zero-order valence-corrected chi connectivity index (χ0v) is 20.1. The molecule has 0 aromatic rings. The number of ketones is 1. The Morgan fingerprint density at radius 3 is 1.50 bits per heavy atom. The van der Waals surface area contributed by atoms with Gasteiger partial charge in [0.15, 0.2) is 0 Å². The molecule has 3 nitrogen and oxygen atoms in total. The second kappa shape index (κ2) is 22.0. The fourth-order valence-corrected chi connectivity index (χ4v) is 5.07. The number of hydrogen-bond acceptors (Lipinski definition) is 5. The molecule has 5 heteroatoms. The lowest BCUT2D eigenvalue weighted by Crippen LogP contribution is -2.11. The van der Waals surface area contributed by atoms with Crippen LogP contribution in [0.4, 0.5) is 0 Å². The summed E-state index contributed by atoms with van der Waals surface area (Å²) in [5.74, 6) is 4.30. The third-order valence-electron chi connectivity index (χ3n) is 4.89. The van der Waals surface area contributed by atoms with E-state index in [0.717, 1.165) is 61.5 Å². The Hall–Kier alpha value is 0.290. The molecule has 2 N–H and O–H groups in total. The molecule has 0 rings (SSSR count). The Morgan fingerprint density at radius 1 is 0.679 bits per heavy atom. The van der Waals surface area contributed by atoms with Crippen molar-refractivity contribution in [1.82, 2.24) is 0 Å². The molecular formula is C23H46O3S2. The van der Waals surface area contributed by atoms with Crippen LogP contribution in [0.25, 0.3) is 0 Å². The standard InChI is InChI=1S/C23H46O3S2/c1-3-5-11-17-27-19-22(25)15-9-7-13-21(24)14-8-10-16-23(26)20-28-18-12-6-4-2/h22-23,25-26H,3-20H2,1-2H3. The monoisotopic (exact) mass is 434 g/mol. The SMILES string of the molecule is CCCCCSCC(O)CCCCC(=O)CCCCC(O)CSCCCCC. The average molecular weight is 435 g/mol. The predicted octanol–water partition coefficient (Wildman–Crippen LogP) is 6.24. The molecule has 0 saturated heterocycles. The van der Waals surface area contributed by atoms with E-state index in [1.807, 2.05) is 23.5 Å². The summed E-state index contributed by atoms with van der Waals surface area (Å²) in [5.41, 5.74) is 0.